The minimum Gasteiger partial charge on any atom is -0.495 e. The number of nitrogens with two attached hydrogens (primary N) is 1. The number of aliphatic imine (C=N–C) groups is 1. The van der Waals surface area contributed by atoms with Crippen LogP contribution in [-0.4, -0.2) is 32.7 Å². The van der Waals surface area contributed by atoms with Gasteiger partial charge in [-0.1, -0.05) is 24.3 Å². The molecule has 1 aliphatic heterocycles. The van der Waals surface area contributed by atoms with E-state index in [-0.39, 0.29) is 24.0 Å². The molecule has 0 radical (unpaired) electrons. The third-order valence-electron chi connectivity index (χ3n) is 4.52. The molecule has 1 fully saturated rings. The fraction of sp³-hybridized carbons (Fsp3) is 0.350. The van der Waals surface area contributed by atoms with Crippen molar-refractivity contribution < 1.29 is 4.74 Å². The lowest BCUT2D eigenvalue weighted by atomic mass is 10.1. The minimum absolute atomic E-state index is 0. The Morgan fingerprint density at radius 2 is 2.08 bits per heavy atom. The van der Waals surface area contributed by atoms with E-state index in [9.17, 15) is 0 Å². The van der Waals surface area contributed by atoms with Gasteiger partial charge >= 0.3 is 0 Å². The van der Waals surface area contributed by atoms with Gasteiger partial charge in [0.15, 0.2) is 5.96 Å². The Kier molecular flexibility index (Phi) is 7.56. The number of anilines is 2. The van der Waals surface area contributed by atoms with Gasteiger partial charge in [0, 0.05) is 25.3 Å². The predicted molar refractivity (Wildman–Crippen MR) is 120 cm³/mol. The molecule has 2 aromatic rings. The maximum Gasteiger partial charge on any atom is 0.193 e. The number of benzene rings is 2. The maximum atomic E-state index is 6.03. The lowest BCUT2D eigenvalue weighted by Gasteiger charge is -2.21. The van der Waals surface area contributed by atoms with Gasteiger partial charge < -0.3 is 20.7 Å². The Hall–Kier alpha value is -1.96. The van der Waals surface area contributed by atoms with Crippen LogP contribution in [0.3, 0.4) is 0 Å². The second kappa shape index (κ2) is 9.66. The summed E-state index contributed by atoms with van der Waals surface area (Å²) < 4.78 is 5.47. The number of rotatable bonds is 5. The van der Waals surface area contributed by atoms with Gasteiger partial charge in [0.25, 0.3) is 0 Å². The molecule has 1 aliphatic rings. The zero-order chi connectivity index (χ0) is 17.6. The van der Waals surface area contributed by atoms with Gasteiger partial charge in [-0.15, -0.1) is 24.0 Å². The van der Waals surface area contributed by atoms with Crippen LogP contribution in [0.25, 0.3) is 0 Å². The standard InChI is InChI=1S/C20H26N4O.HI/c1-15-6-5-7-17(12-15)23-20(21)22-13-16-10-11-24(14-16)18-8-3-4-9-19(18)25-2;/h3-9,12,16H,10-11,13-14H2,1-2H3,(H3,21,22,23);1H. The van der Waals surface area contributed by atoms with Crippen LogP contribution in [0.4, 0.5) is 11.4 Å². The number of nitrogens with zero attached hydrogens (tertiary/aromatic N) is 2. The van der Waals surface area contributed by atoms with Crippen molar-refractivity contribution in [3.05, 3.63) is 54.1 Å². The third kappa shape index (κ3) is 5.27. The van der Waals surface area contributed by atoms with E-state index in [1.54, 1.807) is 7.11 Å². The molecule has 2 aromatic carbocycles. The van der Waals surface area contributed by atoms with Gasteiger partial charge in [0.05, 0.1) is 12.8 Å². The topological polar surface area (TPSA) is 62.9 Å². The Balaban J connectivity index is 0.00000243. The van der Waals surface area contributed by atoms with Crippen LogP contribution in [0.1, 0.15) is 12.0 Å². The number of hydrogen-bond acceptors (Lipinski definition) is 3. The number of para-hydroxylation sites is 2. The van der Waals surface area contributed by atoms with Crippen LogP contribution in [-0.2, 0) is 0 Å². The van der Waals surface area contributed by atoms with Crippen molar-refractivity contribution in [1.82, 2.24) is 0 Å². The van der Waals surface area contributed by atoms with Gasteiger partial charge in [-0.2, -0.15) is 0 Å². The fourth-order valence-corrected chi connectivity index (χ4v) is 3.23. The van der Waals surface area contributed by atoms with E-state index in [1.165, 1.54) is 5.56 Å². The van der Waals surface area contributed by atoms with E-state index in [4.69, 9.17) is 10.5 Å². The summed E-state index contributed by atoms with van der Waals surface area (Å²) >= 11 is 0. The second-order valence-electron chi connectivity index (χ2n) is 6.49. The summed E-state index contributed by atoms with van der Waals surface area (Å²) in [4.78, 5) is 6.89. The summed E-state index contributed by atoms with van der Waals surface area (Å²) in [5.74, 6) is 1.90. The van der Waals surface area contributed by atoms with Gasteiger partial charge in [0.1, 0.15) is 5.75 Å². The summed E-state index contributed by atoms with van der Waals surface area (Å²) in [6.07, 6.45) is 1.11. The van der Waals surface area contributed by atoms with Crippen molar-refractivity contribution in [1.29, 1.82) is 0 Å². The molecule has 1 heterocycles. The molecule has 1 unspecified atom stereocenters. The quantitative estimate of drug-likeness (QED) is 0.399. The fourth-order valence-electron chi connectivity index (χ4n) is 3.23. The average Bonchev–Trinajstić information content (AvgIpc) is 3.09. The second-order valence-corrected chi connectivity index (χ2v) is 6.49. The summed E-state index contributed by atoms with van der Waals surface area (Å²) in [6.45, 7) is 4.78. The zero-order valence-corrected chi connectivity index (χ0v) is 17.6. The molecule has 1 saturated heterocycles. The van der Waals surface area contributed by atoms with Crippen molar-refractivity contribution in [2.24, 2.45) is 16.6 Å². The molecule has 0 spiro atoms. The molecule has 3 N–H and O–H groups in total. The first-order valence-corrected chi connectivity index (χ1v) is 8.67. The SMILES string of the molecule is COc1ccccc1N1CCC(CN=C(N)Nc2cccc(C)c2)C1.I. The molecule has 0 amide bonds. The molecule has 0 aliphatic carbocycles. The number of halogens is 1. The van der Waals surface area contributed by atoms with Gasteiger partial charge in [-0.3, -0.25) is 4.99 Å². The van der Waals surface area contributed by atoms with E-state index in [2.05, 4.69) is 40.3 Å². The molecule has 0 saturated carbocycles. The highest BCUT2D eigenvalue weighted by atomic mass is 127. The number of guanidine groups is 1. The van der Waals surface area contributed by atoms with Gasteiger partial charge in [-0.05, 0) is 49.1 Å². The molecular formula is C20H27IN4O. The molecule has 6 heteroatoms. The minimum atomic E-state index is 0. The van der Waals surface area contributed by atoms with Crippen LogP contribution < -0.4 is 20.7 Å². The van der Waals surface area contributed by atoms with E-state index >= 15 is 0 Å². The molecule has 140 valence electrons. The molecule has 26 heavy (non-hydrogen) atoms. The predicted octanol–water partition coefficient (Wildman–Crippen LogP) is 3.87. The average molecular weight is 466 g/mol. The lowest BCUT2D eigenvalue weighted by Crippen LogP contribution is -2.25. The van der Waals surface area contributed by atoms with Crippen LogP contribution in [0, 0.1) is 12.8 Å². The van der Waals surface area contributed by atoms with Crippen LogP contribution in [0.2, 0.25) is 0 Å². The molecule has 1 atom stereocenters. The number of aryl methyl sites for hydroxylation is 1. The summed E-state index contributed by atoms with van der Waals surface area (Å²) in [7, 11) is 1.72. The van der Waals surface area contributed by atoms with Gasteiger partial charge in [0.2, 0.25) is 0 Å². The van der Waals surface area contributed by atoms with Crippen molar-refractivity contribution in [2.45, 2.75) is 13.3 Å². The normalized spacial score (nSPS) is 16.9. The van der Waals surface area contributed by atoms with Gasteiger partial charge in [-0.25, -0.2) is 0 Å². The van der Waals surface area contributed by atoms with Crippen molar-refractivity contribution in [3.63, 3.8) is 0 Å². The molecule has 3 rings (SSSR count). The molecule has 0 aromatic heterocycles. The smallest absolute Gasteiger partial charge is 0.193 e. The third-order valence-corrected chi connectivity index (χ3v) is 4.52. The first-order valence-electron chi connectivity index (χ1n) is 8.67. The monoisotopic (exact) mass is 466 g/mol. The van der Waals surface area contributed by atoms with Crippen molar-refractivity contribution in [3.8, 4) is 5.75 Å². The van der Waals surface area contributed by atoms with Crippen LogP contribution in [0.5, 0.6) is 5.75 Å². The van der Waals surface area contributed by atoms with E-state index in [0.29, 0.717) is 11.9 Å². The first kappa shape index (κ1) is 20.4. The Morgan fingerprint density at radius 1 is 1.27 bits per heavy atom. The lowest BCUT2D eigenvalue weighted by molar-refractivity contribution is 0.414. The van der Waals surface area contributed by atoms with Crippen molar-refractivity contribution >= 4 is 41.3 Å². The molecule has 0 bridgehead atoms. The maximum absolute atomic E-state index is 6.03. The molecular weight excluding hydrogens is 439 g/mol. The number of hydrogen-bond donors (Lipinski definition) is 2. The van der Waals surface area contributed by atoms with Crippen LogP contribution >= 0.6 is 24.0 Å². The summed E-state index contributed by atoms with van der Waals surface area (Å²) in [6, 6.07) is 16.3. The summed E-state index contributed by atoms with van der Waals surface area (Å²) in [5, 5.41) is 3.16. The Labute approximate surface area is 172 Å². The van der Waals surface area contributed by atoms with E-state index in [1.807, 2.05) is 30.3 Å². The highest BCUT2D eigenvalue weighted by Gasteiger charge is 2.24. The van der Waals surface area contributed by atoms with E-state index < -0.39 is 0 Å². The van der Waals surface area contributed by atoms with Crippen LogP contribution in [0.15, 0.2) is 53.5 Å². The summed E-state index contributed by atoms with van der Waals surface area (Å²) in [5.41, 5.74) is 9.36. The number of methoxy groups -OCH3 is 1. The zero-order valence-electron chi connectivity index (χ0n) is 15.3. The Morgan fingerprint density at radius 3 is 2.85 bits per heavy atom. The highest BCUT2D eigenvalue weighted by molar-refractivity contribution is 14.0. The number of nitrogens with one attached hydrogen (secondary N) is 1. The highest BCUT2D eigenvalue weighted by Crippen LogP contribution is 2.31. The Bertz CT molecular complexity index is 750. The van der Waals surface area contributed by atoms with E-state index in [0.717, 1.165) is 43.2 Å². The largest absolute Gasteiger partial charge is 0.495 e. The molecule has 5 nitrogen and oxygen atoms in total. The van der Waals surface area contributed by atoms with Crippen molar-refractivity contribution in [2.75, 3.05) is 37.0 Å². The first-order chi connectivity index (χ1) is 12.2. The number of ether oxygens (including phenoxy) is 1.